The zero-order valence-corrected chi connectivity index (χ0v) is 6.59. The van der Waals surface area contributed by atoms with Crippen LogP contribution in [0.15, 0.2) is 11.6 Å². The highest BCUT2D eigenvalue weighted by Crippen LogP contribution is 2.47. The van der Waals surface area contributed by atoms with E-state index in [9.17, 15) is 35.1 Å². The Morgan fingerprint density at radius 2 is 1.60 bits per heavy atom. The topological polar surface area (TPSA) is 9.23 Å². The zero-order chi connectivity index (χ0) is 12.1. The Bertz CT molecular complexity index is 288. The van der Waals surface area contributed by atoms with E-state index in [2.05, 4.69) is 4.74 Å². The lowest BCUT2D eigenvalue weighted by molar-refractivity contribution is -0.321. The van der Waals surface area contributed by atoms with Crippen molar-refractivity contribution in [1.29, 1.82) is 0 Å². The highest BCUT2D eigenvalue weighted by Gasteiger charge is 2.64. The van der Waals surface area contributed by atoms with Gasteiger partial charge in [-0.25, -0.2) is 4.39 Å². The van der Waals surface area contributed by atoms with Crippen LogP contribution in [0, 0.1) is 0 Å². The van der Waals surface area contributed by atoms with E-state index in [4.69, 9.17) is 0 Å². The lowest BCUT2D eigenvalue weighted by atomic mass is 10.2. The molecule has 1 aliphatic heterocycles. The van der Waals surface area contributed by atoms with Crippen molar-refractivity contribution >= 4 is 0 Å². The summed E-state index contributed by atoms with van der Waals surface area (Å²) < 4.78 is 98.9. The van der Waals surface area contributed by atoms with Gasteiger partial charge in [-0.3, -0.25) is 4.74 Å². The minimum Gasteiger partial charge on any atom is -0.296 e. The Morgan fingerprint density at radius 3 is 1.80 bits per heavy atom. The van der Waals surface area contributed by atoms with Gasteiger partial charge < -0.3 is 0 Å². The van der Waals surface area contributed by atoms with Crippen molar-refractivity contribution in [3.63, 3.8) is 0 Å². The van der Waals surface area contributed by atoms with Crippen LogP contribution >= 0.6 is 0 Å². The molecule has 15 heavy (non-hydrogen) atoms. The molecule has 0 saturated carbocycles. The highest BCUT2D eigenvalue weighted by molar-refractivity contribution is 5.23. The smallest absolute Gasteiger partial charge is 0.296 e. The molecule has 0 aromatic rings. The van der Waals surface area contributed by atoms with Crippen LogP contribution in [0.2, 0.25) is 0 Å². The highest BCUT2D eigenvalue weighted by atomic mass is 19.4. The molecule has 0 spiro atoms. The van der Waals surface area contributed by atoms with Gasteiger partial charge in [0.25, 0.3) is 0 Å². The Hall–Kier alpha value is -0.860. The molecule has 0 N–H and O–H groups in total. The maximum absolute atomic E-state index is 12.7. The lowest BCUT2D eigenvalue weighted by Gasteiger charge is -2.20. The lowest BCUT2D eigenvalue weighted by Crippen LogP contribution is -2.40. The minimum atomic E-state index is -5.76. The third-order valence-corrected chi connectivity index (χ3v) is 1.57. The molecule has 0 aromatic heterocycles. The Labute approximate surface area is 77.3 Å². The molecule has 0 fully saturated rings. The predicted octanol–water partition coefficient (Wildman–Crippen LogP) is 3.03. The molecule has 0 aromatic carbocycles. The van der Waals surface area contributed by atoms with Crippen molar-refractivity contribution in [2.45, 2.75) is 24.6 Å². The largest absolute Gasteiger partial charge is 0.452 e. The van der Waals surface area contributed by atoms with Crippen molar-refractivity contribution in [2.75, 3.05) is 0 Å². The van der Waals surface area contributed by atoms with Crippen LogP contribution in [-0.4, -0.2) is 24.6 Å². The van der Waals surface area contributed by atoms with E-state index in [0.29, 0.717) is 0 Å². The average Bonchev–Trinajstić information content (AvgIpc) is 2.24. The Morgan fingerprint density at radius 1 is 1.13 bits per heavy atom. The molecule has 2 atom stereocenters. The van der Waals surface area contributed by atoms with Crippen LogP contribution < -0.4 is 0 Å². The maximum Gasteiger partial charge on any atom is 0.452 e. The van der Waals surface area contributed by atoms with E-state index in [1.54, 1.807) is 0 Å². The zero-order valence-electron chi connectivity index (χ0n) is 6.59. The molecule has 0 bridgehead atoms. The van der Waals surface area contributed by atoms with Crippen LogP contribution in [0.3, 0.4) is 0 Å². The molecular weight excluding hydrogens is 240 g/mol. The summed E-state index contributed by atoms with van der Waals surface area (Å²) in [6.07, 6.45) is -15.6. The van der Waals surface area contributed by atoms with E-state index in [0.717, 1.165) is 0 Å². The molecule has 88 valence electrons. The quantitative estimate of drug-likeness (QED) is 0.468. The summed E-state index contributed by atoms with van der Waals surface area (Å²) in [6.45, 7) is 0. The van der Waals surface area contributed by atoms with Crippen LogP contribution in [0.5, 0.6) is 0 Å². The molecular formula is C6H2F8O. The first-order valence-electron chi connectivity index (χ1n) is 3.35. The van der Waals surface area contributed by atoms with Crippen molar-refractivity contribution in [2.24, 2.45) is 0 Å². The van der Waals surface area contributed by atoms with E-state index in [1.807, 2.05) is 0 Å². The predicted molar refractivity (Wildman–Crippen MR) is 30.0 cm³/mol. The number of alkyl halides is 8. The summed E-state index contributed by atoms with van der Waals surface area (Å²) in [4.78, 5) is 0. The van der Waals surface area contributed by atoms with Gasteiger partial charge in [-0.15, -0.1) is 0 Å². The van der Waals surface area contributed by atoms with Gasteiger partial charge in [0.1, 0.15) is 0 Å². The third kappa shape index (κ3) is 2.06. The third-order valence-electron chi connectivity index (χ3n) is 1.57. The van der Waals surface area contributed by atoms with Gasteiger partial charge in [0.05, 0.1) is 5.57 Å². The molecule has 1 nitrogen and oxygen atoms in total. The minimum absolute atomic E-state index is 0.947. The summed E-state index contributed by atoms with van der Waals surface area (Å²) in [5.74, 6) is -4.72. The van der Waals surface area contributed by atoms with E-state index >= 15 is 0 Å². The van der Waals surface area contributed by atoms with Gasteiger partial charge >= 0.3 is 18.2 Å². The van der Waals surface area contributed by atoms with Crippen molar-refractivity contribution in [1.82, 2.24) is 0 Å². The Balaban J connectivity index is 3.09. The van der Waals surface area contributed by atoms with Crippen LogP contribution in [-0.2, 0) is 4.74 Å². The first-order valence-corrected chi connectivity index (χ1v) is 3.35. The van der Waals surface area contributed by atoms with Crippen molar-refractivity contribution in [3.8, 4) is 0 Å². The number of halogens is 8. The van der Waals surface area contributed by atoms with Crippen molar-refractivity contribution < 1.29 is 39.9 Å². The molecule has 0 saturated heterocycles. The van der Waals surface area contributed by atoms with E-state index in [1.165, 1.54) is 0 Å². The second kappa shape index (κ2) is 3.06. The van der Waals surface area contributed by atoms with Crippen molar-refractivity contribution in [3.05, 3.63) is 11.6 Å². The first kappa shape index (κ1) is 12.2. The molecule has 9 heteroatoms. The fraction of sp³-hybridized carbons (Fsp3) is 0.667. The van der Waals surface area contributed by atoms with Gasteiger partial charge in [-0.05, 0) is 0 Å². The second-order valence-corrected chi connectivity index (χ2v) is 2.67. The number of hydrogen-bond donors (Lipinski definition) is 0. The summed E-state index contributed by atoms with van der Waals surface area (Å²) >= 11 is 0. The van der Waals surface area contributed by atoms with Crippen LogP contribution in [0.25, 0.3) is 0 Å². The van der Waals surface area contributed by atoms with Gasteiger partial charge in [0.2, 0.25) is 6.36 Å². The van der Waals surface area contributed by atoms with Gasteiger partial charge in [-0.1, -0.05) is 0 Å². The number of ether oxygens (including phenoxy) is 1. The second-order valence-electron chi connectivity index (χ2n) is 2.67. The van der Waals surface area contributed by atoms with E-state index < -0.39 is 36.2 Å². The summed E-state index contributed by atoms with van der Waals surface area (Å²) in [6, 6.07) is 0. The number of hydrogen-bond acceptors (Lipinski definition) is 1. The molecule has 1 heterocycles. The molecule has 2 unspecified atom stereocenters. The first-order chi connectivity index (χ1) is 6.47. The van der Waals surface area contributed by atoms with E-state index in [-0.39, 0.29) is 0 Å². The summed E-state index contributed by atoms with van der Waals surface area (Å²) in [5, 5.41) is 0. The van der Waals surface area contributed by atoms with Crippen LogP contribution in [0.4, 0.5) is 35.1 Å². The average molecular weight is 242 g/mol. The van der Waals surface area contributed by atoms with Gasteiger partial charge in [0, 0.05) is 6.08 Å². The fourth-order valence-corrected chi connectivity index (χ4v) is 0.873. The maximum atomic E-state index is 12.7. The normalized spacial score (nSPS) is 33.1. The monoisotopic (exact) mass is 242 g/mol. The van der Waals surface area contributed by atoms with Gasteiger partial charge in [-0.2, -0.15) is 30.7 Å². The Kier molecular flexibility index (Phi) is 2.49. The summed E-state index contributed by atoms with van der Waals surface area (Å²) in [7, 11) is 0. The van der Waals surface area contributed by atoms with Gasteiger partial charge in [0.15, 0.2) is 0 Å². The summed E-state index contributed by atoms with van der Waals surface area (Å²) in [5.41, 5.74) is -2.33. The standard InChI is InChI=1S/C6H2F8O/c7-3-2(5(9,10)11)1-4(8,15-3)6(12,13)14/h1,3H. The SMILES string of the molecule is FC1OC(F)(C(F)(F)F)C=C1C(F)(F)F. The number of rotatable bonds is 0. The fourth-order valence-electron chi connectivity index (χ4n) is 0.873. The molecule has 1 aliphatic rings. The molecule has 0 radical (unpaired) electrons. The molecule has 0 amide bonds. The van der Waals surface area contributed by atoms with Crippen LogP contribution in [0.1, 0.15) is 0 Å². The molecule has 0 aliphatic carbocycles. The molecule has 1 rings (SSSR count).